The van der Waals surface area contributed by atoms with Gasteiger partial charge < -0.3 is 18.9 Å². The van der Waals surface area contributed by atoms with Crippen LogP contribution in [0.1, 0.15) is 0 Å². The number of aromatic nitrogens is 2. The molecule has 0 aliphatic heterocycles. The molecule has 2 aromatic heterocycles. The monoisotopic (exact) mass is 1510 g/mol. The minimum Gasteiger partial charge on any atom is -0.311 e. The number of fused-ring (bicyclic) bond motifs is 13. The third-order valence-electron chi connectivity index (χ3n) is 22.4. The van der Waals surface area contributed by atoms with Crippen LogP contribution in [0.5, 0.6) is 0 Å². The van der Waals surface area contributed by atoms with Gasteiger partial charge in [0.05, 0.1) is 27.6 Å². The van der Waals surface area contributed by atoms with Gasteiger partial charge in [0.15, 0.2) is 23.3 Å². The van der Waals surface area contributed by atoms with Gasteiger partial charge in [0.1, 0.15) is 5.82 Å². The Balaban J connectivity index is 0.000000150. The highest BCUT2D eigenvalue weighted by molar-refractivity contribution is 6.26. The average Bonchev–Trinajstić information content (AvgIpc) is 1.02. The standard InChI is InChI=1S/C54H35FN2.C52H31F5N2/c55-40-25-18-36(19-26-40)37-20-27-42(28-21-37)56(44-31-32-49-47-14-5-4-12-45(47)46-13-6-7-15-48(46)51(49)35-44)43-29-22-38(23-30-43)39-24-33-54-52(34-39)50-16-8-9-17-53(50)57(54)41-10-2-1-3-11-41;53-48-47(49(54)51(56)52(57)50(48)55)35-21-28-40(29-22-35)58(39-26-19-34(20-27-39)42-15-8-10-33-9-4-5-13-41(33)42)38-24-17-32(18-25-38)36-23-30-46-44(31-36)43-14-6-7-16-45(43)59(46)37-11-2-1-3-12-37/h1-35H;1-31H. The Hall–Kier alpha value is -15.0. The van der Waals surface area contributed by atoms with E-state index in [4.69, 9.17) is 0 Å². The number of para-hydroxylation sites is 4. The summed E-state index contributed by atoms with van der Waals surface area (Å²) in [4.78, 5) is 4.31. The van der Waals surface area contributed by atoms with Gasteiger partial charge in [0, 0.05) is 67.0 Å². The fraction of sp³-hybridized carbons (Fsp3) is 0. The molecule has 116 heavy (non-hydrogen) atoms. The largest absolute Gasteiger partial charge is 0.311 e. The lowest BCUT2D eigenvalue weighted by molar-refractivity contribution is 0.381. The van der Waals surface area contributed by atoms with Crippen LogP contribution in [0, 0.1) is 34.9 Å². The van der Waals surface area contributed by atoms with E-state index < -0.39 is 34.6 Å². The zero-order valence-corrected chi connectivity index (χ0v) is 62.2. The molecular weight excluding hydrogens is 1440 g/mol. The molecule has 4 nitrogen and oxygen atoms in total. The molecule has 0 aliphatic carbocycles. The highest BCUT2D eigenvalue weighted by Gasteiger charge is 2.28. The van der Waals surface area contributed by atoms with Crippen molar-refractivity contribution >= 4 is 121 Å². The maximum Gasteiger partial charge on any atom is 0.200 e. The van der Waals surface area contributed by atoms with E-state index in [1.54, 1.807) is 12.1 Å². The van der Waals surface area contributed by atoms with E-state index in [1.807, 2.05) is 102 Å². The molecule has 0 amide bonds. The van der Waals surface area contributed by atoms with Crippen molar-refractivity contribution in [3.8, 4) is 67.0 Å². The van der Waals surface area contributed by atoms with Crippen molar-refractivity contribution in [2.45, 2.75) is 0 Å². The van der Waals surface area contributed by atoms with Crippen molar-refractivity contribution in [2.24, 2.45) is 0 Å². The van der Waals surface area contributed by atoms with Crippen LogP contribution < -0.4 is 9.80 Å². The molecule has 10 heteroatoms. The summed E-state index contributed by atoms with van der Waals surface area (Å²) < 4.78 is 90.3. The molecule has 0 atom stereocenters. The Kier molecular flexibility index (Phi) is 17.7. The van der Waals surface area contributed by atoms with E-state index in [9.17, 15) is 26.3 Å². The first-order valence-corrected chi connectivity index (χ1v) is 38.4. The van der Waals surface area contributed by atoms with Crippen molar-refractivity contribution in [2.75, 3.05) is 9.80 Å². The third-order valence-corrected chi connectivity index (χ3v) is 22.4. The first kappa shape index (κ1) is 70.1. The molecule has 0 N–H and O–H groups in total. The quantitative estimate of drug-likeness (QED) is 0.0495. The normalized spacial score (nSPS) is 11.5. The van der Waals surface area contributed by atoms with Gasteiger partial charge in [-0.15, -0.1) is 0 Å². The summed E-state index contributed by atoms with van der Waals surface area (Å²) in [6, 6.07) is 136. The van der Waals surface area contributed by atoms with E-state index in [0.29, 0.717) is 5.69 Å². The van der Waals surface area contributed by atoms with Gasteiger partial charge in [-0.25, -0.2) is 26.3 Å². The molecule has 0 spiro atoms. The minimum absolute atomic E-state index is 0.146. The SMILES string of the molecule is Fc1c(F)c(F)c(-c2ccc(N(c3ccc(-c4ccc5c(c4)c4ccccc4n5-c4ccccc4)cc3)c3ccc(-c4cccc5ccccc45)cc3)cc2)c(F)c1F.Fc1ccc(-c2ccc(N(c3ccc(-c4ccc5c(c4)c4ccccc4n5-c4ccccc4)cc3)c3ccc4c5ccccc5c5ccccc5c4c3)cc2)cc1. The Bertz CT molecular complexity index is 7280. The first-order chi connectivity index (χ1) is 57.0. The van der Waals surface area contributed by atoms with Gasteiger partial charge in [-0.3, -0.25) is 0 Å². The van der Waals surface area contributed by atoms with Crippen LogP contribution >= 0.6 is 0 Å². The average molecular weight is 1510 g/mol. The molecule has 0 saturated carbocycles. The summed E-state index contributed by atoms with van der Waals surface area (Å²) in [6.45, 7) is 0. The summed E-state index contributed by atoms with van der Waals surface area (Å²) in [7, 11) is 0. The van der Waals surface area contributed by atoms with Gasteiger partial charge in [0.25, 0.3) is 0 Å². The Morgan fingerprint density at radius 2 is 0.491 bits per heavy atom. The predicted octanol–water partition coefficient (Wildman–Crippen LogP) is 30.3. The van der Waals surface area contributed by atoms with Gasteiger partial charge >= 0.3 is 0 Å². The first-order valence-electron chi connectivity index (χ1n) is 38.4. The lowest BCUT2D eigenvalue weighted by Crippen LogP contribution is -2.10. The van der Waals surface area contributed by atoms with Crippen LogP contribution in [0.15, 0.2) is 400 Å². The molecule has 2 heterocycles. The van der Waals surface area contributed by atoms with E-state index in [0.717, 1.165) is 111 Å². The smallest absolute Gasteiger partial charge is 0.200 e. The second-order valence-corrected chi connectivity index (χ2v) is 29.0. The molecule has 0 bridgehead atoms. The van der Waals surface area contributed by atoms with Crippen LogP contribution in [0.4, 0.5) is 60.5 Å². The zero-order valence-electron chi connectivity index (χ0n) is 62.2. The molecular formula is C106H66F6N4. The zero-order chi connectivity index (χ0) is 78.1. The topological polar surface area (TPSA) is 16.3 Å². The summed E-state index contributed by atoms with van der Waals surface area (Å²) in [5.41, 5.74) is 19.6. The number of hydrogen-bond acceptors (Lipinski definition) is 2. The molecule has 0 unspecified atom stereocenters. The van der Waals surface area contributed by atoms with Crippen molar-refractivity contribution in [1.29, 1.82) is 0 Å². The van der Waals surface area contributed by atoms with Crippen molar-refractivity contribution in [3.05, 3.63) is 435 Å². The van der Waals surface area contributed by atoms with E-state index in [-0.39, 0.29) is 11.4 Å². The molecule has 21 rings (SSSR count). The predicted molar refractivity (Wildman–Crippen MR) is 468 cm³/mol. The second-order valence-electron chi connectivity index (χ2n) is 29.0. The lowest BCUT2D eigenvalue weighted by Gasteiger charge is -2.26. The van der Waals surface area contributed by atoms with Crippen molar-refractivity contribution in [3.63, 3.8) is 0 Å². The van der Waals surface area contributed by atoms with Gasteiger partial charge in [0.2, 0.25) is 5.82 Å². The van der Waals surface area contributed by atoms with Gasteiger partial charge in [-0.1, -0.05) is 255 Å². The second kappa shape index (κ2) is 29.3. The maximum absolute atomic E-state index is 14.8. The van der Waals surface area contributed by atoms with E-state index in [2.05, 4.69) is 281 Å². The van der Waals surface area contributed by atoms with Gasteiger partial charge in [-0.2, -0.15) is 0 Å². The molecule has 0 fully saturated rings. The number of halogens is 6. The summed E-state index contributed by atoms with van der Waals surface area (Å²) in [5, 5.41) is 14.5. The minimum atomic E-state index is -2.19. The summed E-state index contributed by atoms with van der Waals surface area (Å²) >= 11 is 0. The van der Waals surface area contributed by atoms with Crippen molar-refractivity contribution in [1.82, 2.24) is 9.13 Å². The maximum atomic E-state index is 14.8. The Morgan fingerprint density at radius 3 is 0.948 bits per heavy atom. The molecule has 552 valence electrons. The van der Waals surface area contributed by atoms with Crippen LogP contribution in [-0.4, -0.2) is 9.13 Å². The molecule has 0 radical (unpaired) electrons. The van der Waals surface area contributed by atoms with E-state index in [1.165, 1.54) is 84.0 Å². The number of benzene rings is 19. The Morgan fingerprint density at radius 1 is 0.181 bits per heavy atom. The summed E-state index contributed by atoms with van der Waals surface area (Å²) in [6.07, 6.45) is 0. The molecule has 19 aromatic carbocycles. The van der Waals surface area contributed by atoms with Gasteiger partial charge in [-0.05, 0) is 239 Å². The van der Waals surface area contributed by atoms with Crippen LogP contribution in [0.2, 0.25) is 0 Å². The highest BCUT2D eigenvalue weighted by atomic mass is 19.2. The number of nitrogens with zero attached hydrogens (tertiary/aromatic N) is 4. The molecule has 21 aromatic rings. The van der Waals surface area contributed by atoms with Crippen molar-refractivity contribution < 1.29 is 26.3 Å². The molecule has 0 aliphatic rings. The number of hydrogen-bond donors (Lipinski definition) is 0. The number of anilines is 6. The Labute approximate surface area is 664 Å². The van der Waals surface area contributed by atoms with Crippen LogP contribution in [-0.2, 0) is 0 Å². The molecule has 0 saturated heterocycles. The highest BCUT2D eigenvalue weighted by Crippen LogP contribution is 2.46. The fourth-order valence-electron chi connectivity index (χ4n) is 16.9. The lowest BCUT2D eigenvalue weighted by atomic mass is 9.94. The number of rotatable bonds is 13. The third kappa shape index (κ3) is 12.4. The van der Waals surface area contributed by atoms with Crippen LogP contribution in [0.25, 0.3) is 154 Å². The van der Waals surface area contributed by atoms with E-state index >= 15 is 0 Å². The van der Waals surface area contributed by atoms with Crippen LogP contribution in [0.3, 0.4) is 0 Å². The fourth-order valence-corrected chi connectivity index (χ4v) is 16.9. The summed E-state index contributed by atoms with van der Waals surface area (Å²) in [5.74, 6) is -10.2.